The van der Waals surface area contributed by atoms with E-state index in [2.05, 4.69) is 0 Å². The molecule has 0 aromatic heterocycles. The maximum atomic E-state index is 13.2. The summed E-state index contributed by atoms with van der Waals surface area (Å²) in [6, 6.07) is 36.7. The summed E-state index contributed by atoms with van der Waals surface area (Å²) in [4.78, 5) is 40.5. The summed E-state index contributed by atoms with van der Waals surface area (Å²) < 4.78 is 0. The smallest absolute Gasteiger partial charge is 0.254 e. The van der Waals surface area contributed by atoms with E-state index in [9.17, 15) is 14.4 Å². The fourth-order valence-electron chi connectivity index (χ4n) is 5.77. The first kappa shape index (κ1) is 26.1. The minimum absolute atomic E-state index is 0.0675. The highest BCUT2D eigenvalue weighted by molar-refractivity contribution is 6.35. The van der Waals surface area contributed by atoms with E-state index in [1.807, 2.05) is 122 Å². The second kappa shape index (κ2) is 10.8. The second-order valence-corrected chi connectivity index (χ2v) is 10.1. The van der Waals surface area contributed by atoms with Gasteiger partial charge in [0.25, 0.3) is 5.91 Å². The summed E-state index contributed by atoms with van der Waals surface area (Å²) in [7, 11) is 0. The predicted molar refractivity (Wildman–Crippen MR) is 166 cm³/mol. The number of rotatable bonds is 3. The number of benzene rings is 6. The number of ketones is 2. The molecule has 7 rings (SSSR count). The van der Waals surface area contributed by atoms with Gasteiger partial charge in [-0.1, -0.05) is 97.1 Å². The monoisotopic (exact) mass is 535 g/mol. The summed E-state index contributed by atoms with van der Waals surface area (Å²) in [5.74, 6) is -0.0175. The Kier molecular flexibility index (Phi) is 6.90. The van der Waals surface area contributed by atoms with Crippen molar-refractivity contribution < 1.29 is 14.4 Å². The molecule has 1 aliphatic rings. The molecule has 0 saturated carbocycles. The van der Waals surface area contributed by atoms with Crippen molar-refractivity contribution in [3.8, 4) is 0 Å². The Balaban J connectivity index is 0.000000158. The van der Waals surface area contributed by atoms with Crippen LogP contribution in [0.15, 0.2) is 115 Å². The van der Waals surface area contributed by atoms with Gasteiger partial charge in [0.2, 0.25) is 0 Å². The van der Waals surface area contributed by atoms with Gasteiger partial charge in [0.1, 0.15) is 0 Å². The van der Waals surface area contributed by atoms with Crippen molar-refractivity contribution >= 4 is 49.8 Å². The summed E-state index contributed by atoms with van der Waals surface area (Å²) in [6.07, 6.45) is 0. The molecule has 6 aromatic carbocycles. The molecule has 1 amide bonds. The van der Waals surface area contributed by atoms with Crippen LogP contribution in [0.3, 0.4) is 0 Å². The number of amides is 1. The van der Waals surface area contributed by atoms with E-state index in [4.69, 9.17) is 0 Å². The van der Waals surface area contributed by atoms with Gasteiger partial charge in [0, 0.05) is 40.9 Å². The van der Waals surface area contributed by atoms with Crippen LogP contribution in [0.25, 0.3) is 32.3 Å². The van der Waals surface area contributed by atoms with Crippen LogP contribution in [0.1, 0.15) is 56.0 Å². The Morgan fingerprint density at radius 3 is 1.41 bits per heavy atom. The van der Waals surface area contributed by atoms with Crippen LogP contribution in [0, 0.1) is 0 Å². The highest BCUT2D eigenvalue weighted by Crippen LogP contribution is 2.35. The topological polar surface area (TPSA) is 54.5 Å². The minimum atomic E-state index is -0.0675. The molecule has 200 valence electrons. The van der Waals surface area contributed by atoms with Crippen LogP contribution in [0.4, 0.5) is 0 Å². The molecule has 0 N–H and O–H groups in total. The lowest BCUT2D eigenvalue weighted by Crippen LogP contribution is -2.30. The summed E-state index contributed by atoms with van der Waals surface area (Å²) >= 11 is 0. The van der Waals surface area contributed by atoms with E-state index in [0.29, 0.717) is 22.3 Å². The number of nitrogens with zero attached hydrogens (tertiary/aromatic N) is 1. The molecule has 41 heavy (non-hydrogen) atoms. The zero-order valence-corrected chi connectivity index (χ0v) is 23.1. The van der Waals surface area contributed by atoms with Crippen molar-refractivity contribution in [3.63, 3.8) is 0 Å². The molecule has 0 radical (unpaired) electrons. The third kappa shape index (κ3) is 4.48. The molecular weight excluding hydrogens is 506 g/mol. The average Bonchev–Trinajstić information content (AvgIpc) is 3.03. The number of hydrogen-bond acceptors (Lipinski definition) is 3. The van der Waals surface area contributed by atoms with E-state index in [0.717, 1.165) is 51.0 Å². The van der Waals surface area contributed by atoms with E-state index >= 15 is 0 Å². The largest absolute Gasteiger partial charge is 0.339 e. The third-order valence-corrected chi connectivity index (χ3v) is 7.87. The van der Waals surface area contributed by atoms with Crippen LogP contribution in [0.5, 0.6) is 0 Å². The van der Waals surface area contributed by atoms with Gasteiger partial charge in [-0.05, 0) is 64.4 Å². The summed E-state index contributed by atoms with van der Waals surface area (Å²) in [6.45, 7) is 5.51. The van der Waals surface area contributed by atoms with Gasteiger partial charge >= 0.3 is 0 Å². The van der Waals surface area contributed by atoms with Gasteiger partial charge in [-0.25, -0.2) is 0 Å². The number of carbonyl (C=O) groups is 3. The first-order chi connectivity index (χ1) is 20.0. The van der Waals surface area contributed by atoms with Crippen LogP contribution in [-0.4, -0.2) is 35.5 Å². The Morgan fingerprint density at radius 2 is 0.927 bits per heavy atom. The van der Waals surface area contributed by atoms with Crippen molar-refractivity contribution in [1.82, 2.24) is 4.90 Å². The lowest BCUT2D eigenvalue weighted by atomic mass is 9.80. The molecule has 4 heteroatoms. The van der Waals surface area contributed by atoms with Gasteiger partial charge in [-0.15, -0.1) is 0 Å². The fraction of sp³-hybridized carbons (Fsp3) is 0.108. The molecule has 0 atom stereocenters. The third-order valence-electron chi connectivity index (χ3n) is 7.87. The zero-order chi connectivity index (χ0) is 28.5. The highest BCUT2D eigenvalue weighted by atomic mass is 16.2. The first-order valence-corrected chi connectivity index (χ1v) is 13.9. The number of hydrogen-bond donors (Lipinski definition) is 0. The van der Waals surface area contributed by atoms with Crippen molar-refractivity contribution in [2.45, 2.75) is 13.8 Å². The fourth-order valence-corrected chi connectivity index (χ4v) is 5.77. The molecular formula is C37H29NO3. The molecule has 6 aromatic rings. The standard InChI is InChI=1S/C22H12O2.C15H17NO/c23-21-18-12-10-14-6-2-4-8-16(14)20(18)22(24)17-11-9-13-5-1-3-7-15(13)19(17)21;1-3-16(4-2)15(17)14-11-7-9-12-8-5-6-10-13(12)14/h1-12H;5-11H,3-4H2,1-2H3. The zero-order valence-electron chi connectivity index (χ0n) is 23.1. The number of fused-ring (bicyclic) bond motifs is 7. The Hall–Kier alpha value is -5.09. The van der Waals surface area contributed by atoms with Gasteiger partial charge in [0.05, 0.1) is 0 Å². The Bertz CT molecular complexity index is 1880. The summed E-state index contributed by atoms with van der Waals surface area (Å²) in [5.41, 5.74) is 2.86. The van der Waals surface area contributed by atoms with Crippen molar-refractivity contribution in [1.29, 1.82) is 0 Å². The summed E-state index contributed by atoms with van der Waals surface area (Å²) in [5, 5.41) is 5.78. The van der Waals surface area contributed by atoms with Crippen molar-refractivity contribution in [2.24, 2.45) is 0 Å². The maximum absolute atomic E-state index is 13.2. The molecule has 0 saturated heterocycles. The Labute approximate surface area is 238 Å². The normalized spacial score (nSPS) is 12.0. The van der Waals surface area contributed by atoms with Gasteiger partial charge in [0.15, 0.2) is 11.6 Å². The quantitative estimate of drug-likeness (QED) is 0.230. The SMILES string of the molecule is CCN(CC)C(=O)c1cccc2ccccc12.O=C1c2ccc3ccccc3c2C(=O)c2ccc3ccccc3c21. The molecule has 4 nitrogen and oxygen atoms in total. The van der Waals surface area contributed by atoms with E-state index in [1.54, 1.807) is 12.1 Å². The maximum Gasteiger partial charge on any atom is 0.254 e. The highest BCUT2D eigenvalue weighted by Gasteiger charge is 2.32. The molecule has 0 bridgehead atoms. The molecule has 0 aliphatic heterocycles. The van der Waals surface area contributed by atoms with Crippen molar-refractivity contribution in [3.05, 3.63) is 143 Å². The predicted octanol–water partition coefficient (Wildman–Crippen LogP) is 8.09. The van der Waals surface area contributed by atoms with Gasteiger partial charge in [-0.2, -0.15) is 0 Å². The van der Waals surface area contributed by atoms with E-state index in [1.165, 1.54) is 0 Å². The minimum Gasteiger partial charge on any atom is -0.339 e. The molecule has 1 aliphatic carbocycles. The van der Waals surface area contributed by atoms with Crippen LogP contribution < -0.4 is 0 Å². The first-order valence-electron chi connectivity index (χ1n) is 13.9. The second-order valence-electron chi connectivity index (χ2n) is 10.1. The molecule has 0 fully saturated rings. The lowest BCUT2D eigenvalue weighted by molar-refractivity contribution is 0.0774. The van der Waals surface area contributed by atoms with Gasteiger partial charge < -0.3 is 4.90 Å². The van der Waals surface area contributed by atoms with E-state index < -0.39 is 0 Å². The lowest BCUT2D eigenvalue weighted by Gasteiger charge is -2.20. The van der Waals surface area contributed by atoms with Crippen LogP contribution in [0.2, 0.25) is 0 Å². The van der Waals surface area contributed by atoms with E-state index in [-0.39, 0.29) is 17.5 Å². The van der Waals surface area contributed by atoms with Crippen LogP contribution in [-0.2, 0) is 0 Å². The van der Waals surface area contributed by atoms with Crippen LogP contribution >= 0.6 is 0 Å². The molecule has 0 spiro atoms. The van der Waals surface area contributed by atoms with Gasteiger partial charge in [-0.3, -0.25) is 14.4 Å². The molecule has 0 unspecified atom stereocenters. The number of carbonyl (C=O) groups excluding carboxylic acids is 3. The van der Waals surface area contributed by atoms with Crippen molar-refractivity contribution in [2.75, 3.05) is 13.1 Å². The Morgan fingerprint density at radius 1 is 0.512 bits per heavy atom. The molecule has 0 heterocycles. The average molecular weight is 536 g/mol.